The molecule has 7 nitrogen and oxygen atoms in total. The van der Waals surface area contributed by atoms with E-state index in [0.717, 1.165) is 31.6 Å². The summed E-state index contributed by atoms with van der Waals surface area (Å²) in [5.74, 6) is 0.123. The molecule has 28 heavy (non-hydrogen) atoms. The van der Waals surface area contributed by atoms with Crippen molar-refractivity contribution in [1.82, 2.24) is 19.4 Å². The Morgan fingerprint density at radius 2 is 1.71 bits per heavy atom. The average molecular weight is 423 g/mol. The number of piperidine rings is 1. The summed E-state index contributed by atoms with van der Waals surface area (Å²) in [6.45, 7) is 2.40. The molecule has 0 aliphatic carbocycles. The predicted octanol–water partition coefficient (Wildman–Crippen LogP) is 2.87. The third-order valence-electron chi connectivity index (χ3n) is 5.61. The standard InChI is InChI=1S/C19H23ClN4O3S/c20-15-3-5-16(6-4-15)28(26,27)24-11-7-14(8-12-24)18-17(13-21-22-18)19(25)23-9-1-2-10-23/h3-6,13-14H,1-2,7-12H2,(H,21,22). The summed E-state index contributed by atoms with van der Waals surface area (Å²) in [6.07, 6.45) is 4.98. The van der Waals surface area contributed by atoms with Crippen LogP contribution in [0.2, 0.25) is 5.02 Å². The van der Waals surface area contributed by atoms with Gasteiger partial charge in [-0.25, -0.2) is 8.42 Å². The van der Waals surface area contributed by atoms with E-state index in [0.29, 0.717) is 36.5 Å². The van der Waals surface area contributed by atoms with Crippen molar-refractivity contribution in [2.24, 2.45) is 0 Å². The van der Waals surface area contributed by atoms with Gasteiger partial charge in [0.05, 0.1) is 22.3 Å². The summed E-state index contributed by atoms with van der Waals surface area (Å²) in [7, 11) is -3.54. The molecule has 0 radical (unpaired) electrons. The summed E-state index contributed by atoms with van der Waals surface area (Å²) < 4.78 is 27.2. The van der Waals surface area contributed by atoms with Crippen LogP contribution in [0.15, 0.2) is 35.4 Å². The first-order valence-corrected chi connectivity index (χ1v) is 11.4. The number of hydrogen-bond acceptors (Lipinski definition) is 4. The Kier molecular flexibility index (Phi) is 5.44. The van der Waals surface area contributed by atoms with Crippen LogP contribution in [0.5, 0.6) is 0 Å². The molecule has 1 aromatic heterocycles. The lowest BCUT2D eigenvalue weighted by Gasteiger charge is -2.31. The first-order chi connectivity index (χ1) is 13.5. The predicted molar refractivity (Wildman–Crippen MR) is 106 cm³/mol. The summed E-state index contributed by atoms with van der Waals surface area (Å²) in [6, 6.07) is 6.24. The number of aromatic nitrogens is 2. The number of sulfonamides is 1. The molecule has 2 aliphatic rings. The highest BCUT2D eigenvalue weighted by Crippen LogP contribution is 2.32. The van der Waals surface area contributed by atoms with Crippen LogP contribution in [0, 0.1) is 0 Å². The van der Waals surface area contributed by atoms with Gasteiger partial charge in [-0.15, -0.1) is 0 Å². The van der Waals surface area contributed by atoms with Crippen molar-refractivity contribution >= 4 is 27.5 Å². The van der Waals surface area contributed by atoms with E-state index in [2.05, 4.69) is 10.2 Å². The normalized spacial score (nSPS) is 19.2. The maximum Gasteiger partial charge on any atom is 0.257 e. The highest BCUT2D eigenvalue weighted by atomic mass is 35.5. The van der Waals surface area contributed by atoms with E-state index in [4.69, 9.17) is 11.6 Å². The van der Waals surface area contributed by atoms with E-state index < -0.39 is 10.0 Å². The fourth-order valence-corrected chi connectivity index (χ4v) is 5.60. The maximum absolute atomic E-state index is 12.8. The number of carbonyl (C=O) groups excluding carboxylic acids is 1. The third-order valence-corrected chi connectivity index (χ3v) is 7.77. The number of halogens is 1. The van der Waals surface area contributed by atoms with Gasteiger partial charge in [0, 0.05) is 37.1 Å². The largest absolute Gasteiger partial charge is 0.339 e. The fourth-order valence-electron chi connectivity index (χ4n) is 4.01. The molecule has 0 spiro atoms. The van der Waals surface area contributed by atoms with Gasteiger partial charge in [-0.3, -0.25) is 9.89 Å². The summed E-state index contributed by atoms with van der Waals surface area (Å²) in [5.41, 5.74) is 1.46. The van der Waals surface area contributed by atoms with Gasteiger partial charge in [0.25, 0.3) is 5.91 Å². The van der Waals surface area contributed by atoms with Gasteiger partial charge in [-0.2, -0.15) is 9.40 Å². The Labute approximate surface area is 169 Å². The molecule has 2 aliphatic heterocycles. The zero-order valence-corrected chi connectivity index (χ0v) is 17.0. The zero-order valence-electron chi connectivity index (χ0n) is 15.5. The van der Waals surface area contributed by atoms with Crippen molar-refractivity contribution in [3.63, 3.8) is 0 Å². The van der Waals surface area contributed by atoms with Crippen molar-refractivity contribution in [3.05, 3.63) is 46.7 Å². The number of rotatable bonds is 4. The fraction of sp³-hybridized carbons (Fsp3) is 0.474. The molecule has 3 heterocycles. The van der Waals surface area contributed by atoms with Gasteiger partial charge in [-0.1, -0.05) is 11.6 Å². The van der Waals surface area contributed by atoms with Crippen LogP contribution >= 0.6 is 11.6 Å². The lowest BCUT2D eigenvalue weighted by molar-refractivity contribution is 0.0790. The Bertz CT molecular complexity index is 944. The van der Waals surface area contributed by atoms with Gasteiger partial charge in [0.15, 0.2) is 0 Å². The number of benzene rings is 1. The van der Waals surface area contributed by atoms with Crippen LogP contribution in [0.25, 0.3) is 0 Å². The molecular formula is C19H23ClN4O3S. The van der Waals surface area contributed by atoms with E-state index >= 15 is 0 Å². The number of H-pyrrole nitrogens is 1. The molecule has 1 amide bonds. The van der Waals surface area contributed by atoms with E-state index in [1.54, 1.807) is 18.3 Å². The van der Waals surface area contributed by atoms with Crippen LogP contribution in [-0.2, 0) is 10.0 Å². The molecule has 0 unspecified atom stereocenters. The number of nitrogens with one attached hydrogen (secondary N) is 1. The number of hydrogen-bond donors (Lipinski definition) is 1. The quantitative estimate of drug-likeness (QED) is 0.820. The number of likely N-dealkylation sites (tertiary alicyclic amines) is 1. The molecule has 0 saturated carbocycles. The zero-order chi connectivity index (χ0) is 19.7. The van der Waals surface area contributed by atoms with E-state index in [-0.39, 0.29) is 16.7 Å². The molecule has 4 rings (SSSR count). The Balaban J connectivity index is 1.46. The Morgan fingerprint density at radius 3 is 2.36 bits per heavy atom. The Morgan fingerprint density at radius 1 is 1.07 bits per heavy atom. The molecule has 0 atom stereocenters. The molecular weight excluding hydrogens is 400 g/mol. The minimum absolute atomic E-state index is 0.0254. The van der Waals surface area contributed by atoms with Crippen molar-refractivity contribution in [2.75, 3.05) is 26.2 Å². The van der Waals surface area contributed by atoms with Crippen molar-refractivity contribution in [2.45, 2.75) is 36.5 Å². The highest BCUT2D eigenvalue weighted by Gasteiger charge is 2.33. The average Bonchev–Trinajstić information content (AvgIpc) is 3.40. The van der Waals surface area contributed by atoms with Crippen molar-refractivity contribution in [1.29, 1.82) is 0 Å². The number of nitrogens with zero attached hydrogens (tertiary/aromatic N) is 3. The van der Waals surface area contributed by atoms with Crippen molar-refractivity contribution < 1.29 is 13.2 Å². The van der Waals surface area contributed by atoms with Gasteiger partial charge >= 0.3 is 0 Å². The van der Waals surface area contributed by atoms with E-state index in [9.17, 15) is 13.2 Å². The number of carbonyl (C=O) groups is 1. The van der Waals surface area contributed by atoms with Crippen LogP contribution in [0.1, 0.15) is 47.7 Å². The van der Waals surface area contributed by atoms with Crippen molar-refractivity contribution in [3.8, 4) is 0 Å². The molecule has 1 N–H and O–H groups in total. The van der Waals surface area contributed by atoms with E-state index in [1.807, 2.05) is 4.90 Å². The van der Waals surface area contributed by atoms with Gasteiger partial charge < -0.3 is 4.90 Å². The second-order valence-electron chi connectivity index (χ2n) is 7.33. The highest BCUT2D eigenvalue weighted by molar-refractivity contribution is 7.89. The number of aromatic amines is 1. The monoisotopic (exact) mass is 422 g/mol. The minimum atomic E-state index is -3.54. The third kappa shape index (κ3) is 3.68. The van der Waals surface area contributed by atoms with E-state index in [1.165, 1.54) is 16.4 Å². The lowest BCUT2D eigenvalue weighted by Crippen LogP contribution is -2.38. The van der Waals surface area contributed by atoms with Crippen LogP contribution in [-0.4, -0.2) is 59.9 Å². The SMILES string of the molecule is O=C(c1cn[nH]c1C1CCN(S(=O)(=O)c2ccc(Cl)cc2)CC1)N1CCCC1. The molecule has 150 valence electrons. The molecule has 9 heteroatoms. The van der Waals surface area contributed by atoms with Crippen LogP contribution in [0.4, 0.5) is 0 Å². The molecule has 1 aromatic carbocycles. The molecule has 0 bridgehead atoms. The molecule has 2 aromatic rings. The summed E-state index contributed by atoms with van der Waals surface area (Å²) in [5, 5.41) is 7.59. The molecule has 2 fully saturated rings. The van der Waals surface area contributed by atoms with Gasteiger partial charge in [0.2, 0.25) is 10.0 Å². The smallest absolute Gasteiger partial charge is 0.257 e. The van der Waals surface area contributed by atoms with Gasteiger partial charge in [-0.05, 0) is 49.9 Å². The topological polar surface area (TPSA) is 86.4 Å². The van der Waals surface area contributed by atoms with Crippen LogP contribution < -0.4 is 0 Å². The summed E-state index contributed by atoms with van der Waals surface area (Å²) >= 11 is 5.86. The second-order valence-corrected chi connectivity index (χ2v) is 9.70. The second kappa shape index (κ2) is 7.85. The number of amides is 1. The maximum atomic E-state index is 12.8. The van der Waals surface area contributed by atoms with Crippen LogP contribution in [0.3, 0.4) is 0 Å². The lowest BCUT2D eigenvalue weighted by atomic mass is 9.92. The summed E-state index contributed by atoms with van der Waals surface area (Å²) in [4.78, 5) is 14.9. The van der Waals surface area contributed by atoms with Gasteiger partial charge in [0.1, 0.15) is 0 Å². The molecule has 2 saturated heterocycles. The first-order valence-electron chi connectivity index (χ1n) is 9.55. The first kappa shape index (κ1) is 19.4. The minimum Gasteiger partial charge on any atom is -0.339 e. The Hall–Kier alpha value is -1.90.